The second-order valence-corrected chi connectivity index (χ2v) is 10.2. The normalized spacial score (nSPS) is 26.2. The third-order valence-corrected chi connectivity index (χ3v) is 6.90. The number of thiazole rings is 1. The van der Waals surface area contributed by atoms with E-state index in [-0.39, 0.29) is 17.2 Å². The number of rotatable bonds is 5. The first-order valence-corrected chi connectivity index (χ1v) is 11.4. The monoisotopic (exact) mass is 371 g/mol. The van der Waals surface area contributed by atoms with Crippen LogP contribution in [0.2, 0.25) is 0 Å². The van der Waals surface area contributed by atoms with Gasteiger partial charge in [-0.2, -0.15) is 0 Å². The Balaban J connectivity index is 1.66. The molecule has 0 aliphatic carbocycles. The largest absolute Gasteiger partial charge is 0.336 e. The number of aromatic nitrogens is 1. The van der Waals surface area contributed by atoms with Gasteiger partial charge in [0, 0.05) is 42.9 Å². The Morgan fingerprint density at radius 2 is 2.12 bits per heavy atom. The molecule has 2 saturated heterocycles. The molecule has 8 heteroatoms. The van der Waals surface area contributed by atoms with E-state index in [4.69, 9.17) is 0 Å². The zero-order chi connectivity index (χ0) is 17.2. The van der Waals surface area contributed by atoms with Crippen LogP contribution >= 0.6 is 11.3 Å². The molecule has 1 aromatic rings. The van der Waals surface area contributed by atoms with Crippen LogP contribution in [-0.2, 0) is 21.2 Å². The highest BCUT2D eigenvalue weighted by Crippen LogP contribution is 2.39. The van der Waals surface area contributed by atoms with Crippen molar-refractivity contribution < 1.29 is 13.2 Å². The number of likely N-dealkylation sites (tertiary alicyclic amines) is 2. The molecular weight excluding hydrogens is 346 g/mol. The zero-order valence-electron chi connectivity index (χ0n) is 14.1. The number of carbonyl (C=O) groups is 1. The molecule has 1 aromatic heterocycles. The Bertz CT molecular complexity index is 675. The Morgan fingerprint density at radius 3 is 2.83 bits per heavy atom. The van der Waals surface area contributed by atoms with Crippen molar-refractivity contribution in [2.75, 3.05) is 31.6 Å². The van der Waals surface area contributed by atoms with Crippen LogP contribution in [-0.4, -0.2) is 66.3 Å². The van der Waals surface area contributed by atoms with Crippen molar-refractivity contribution in [1.29, 1.82) is 0 Å². The van der Waals surface area contributed by atoms with E-state index in [0.717, 1.165) is 50.3 Å². The van der Waals surface area contributed by atoms with Gasteiger partial charge in [-0.3, -0.25) is 9.69 Å². The third kappa shape index (κ3) is 4.15. The second kappa shape index (κ2) is 7.09. The van der Waals surface area contributed by atoms with Crippen molar-refractivity contribution in [3.63, 3.8) is 0 Å². The van der Waals surface area contributed by atoms with Crippen molar-refractivity contribution in [3.8, 4) is 0 Å². The fourth-order valence-electron chi connectivity index (χ4n) is 3.93. The van der Waals surface area contributed by atoms with E-state index >= 15 is 0 Å². The fourth-order valence-corrected chi connectivity index (χ4v) is 5.10. The minimum Gasteiger partial charge on any atom is -0.336 e. The Hall–Kier alpha value is -0.990. The van der Waals surface area contributed by atoms with Crippen molar-refractivity contribution >= 4 is 27.1 Å². The molecule has 1 unspecified atom stereocenters. The summed E-state index contributed by atoms with van der Waals surface area (Å²) in [5, 5.41) is 3.12. The van der Waals surface area contributed by atoms with Crippen LogP contribution in [0.3, 0.4) is 0 Å². The highest BCUT2D eigenvalue weighted by Gasteiger charge is 2.45. The molecule has 3 rings (SSSR count). The predicted molar refractivity (Wildman–Crippen MR) is 94.6 cm³/mol. The minimum atomic E-state index is -3.06. The van der Waals surface area contributed by atoms with Gasteiger partial charge < -0.3 is 4.90 Å². The van der Waals surface area contributed by atoms with E-state index in [1.54, 1.807) is 11.3 Å². The molecule has 2 aliphatic heterocycles. The summed E-state index contributed by atoms with van der Waals surface area (Å²) in [5.74, 6) is 0.176. The SMILES string of the molecule is CS(=O)(=O)CCN1C(=O)CCC12CCCN(Cc1nccs1)CC2. The zero-order valence-corrected chi connectivity index (χ0v) is 15.7. The quantitative estimate of drug-likeness (QED) is 0.785. The summed E-state index contributed by atoms with van der Waals surface area (Å²) in [6.45, 7) is 3.15. The van der Waals surface area contributed by atoms with Crippen molar-refractivity contribution in [3.05, 3.63) is 16.6 Å². The Labute approximate surface area is 147 Å². The van der Waals surface area contributed by atoms with Crippen LogP contribution in [0, 0.1) is 0 Å². The van der Waals surface area contributed by atoms with E-state index < -0.39 is 9.84 Å². The summed E-state index contributed by atoms with van der Waals surface area (Å²) >= 11 is 1.67. The standard InChI is InChI=1S/C16H25N3O3S2/c1-24(21,22)12-10-19-15(20)3-5-16(19)4-2-8-18(9-6-16)13-14-17-7-11-23-14/h7,11H,2-6,8-10,12-13H2,1H3. The predicted octanol–water partition coefficient (Wildman–Crippen LogP) is 1.53. The van der Waals surface area contributed by atoms with Crippen LogP contribution in [0.15, 0.2) is 11.6 Å². The first kappa shape index (κ1) is 17.8. The summed E-state index contributed by atoms with van der Waals surface area (Å²) < 4.78 is 23.0. The molecule has 6 nitrogen and oxygen atoms in total. The van der Waals surface area contributed by atoms with Crippen LogP contribution in [0.25, 0.3) is 0 Å². The molecule has 2 fully saturated rings. The first-order chi connectivity index (χ1) is 11.4. The summed E-state index contributed by atoms with van der Waals surface area (Å²) in [6, 6.07) is 0. The minimum absolute atomic E-state index is 0.0588. The second-order valence-electron chi connectivity index (χ2n) is 6.96. The van der Waals surface area contributed by atoms with Crippen LogP contribution in [0.5, 0.6) is 0 Å². The first-order valence-electron chi connectivity index (χ1n) is 8.47. The summed E-state index contributed by atoms with van der Waals surface area (Å²) in [7, 11) is -3.06. The average molecular weight is 372 g/mol. The van der Waals surface area contributed by atoms with Gasteiger partial charge in [0.05, 0.1) is 12.3 Å². The van der Waals surface area contributed by atoms with Gasteiger partial charge in [0.1, 0.15) is 14.8 Å². The van der Waals surface area contributed by atoms with Gasteiger partial charge in [-0.25, -0.2) is 13.4 Å². The maximum Gasteiger partial charge on any atom is 0.223 e. The molecule has 134 valence electrons. The fraction of sp³-hybridized carbons (Fsp3) is 0.750. The summed E-state index contributed by atoms with van der Waals surface area (Å²) in [5.41, 5.74) is -0.139. The lowest BCUT2D eigenvalue weighted by Crippen LogP contribution is -2.48. The van der Waals surface area contributed by atoms with Gasteiger partial charge in [0.15, 0.2) is 0 Å². The molecular formula is C16H25N3O3S2. The van der Waals surface area contributed by atoms with Gasteiger partial charge in [0.2, 0.25) is 5.91 Å². The van der Waals surface area contributed by atoms with Gasteiger partial charge in [-0.15, -0.1) is 11.3 Å². The van der Waals surface area contributed by atoms with Gasteiger partial charge in [0.25, 0.3) is 0 Å². The highest BCUT2D eigenvalue weighted by molar-refractivity contribution is 7.90. The van der Waals surface area contributed by atoms with Crippen LogP contribution in [0.4, 0.5) is 0 Å². The van der Waals surface area contributed by atoms with Crippen molar-refractivity contribution in [1.82, 2.24) is 14.8 Å². The lowest BCUT2D eigenvalue weighted by Gasteiger charge is -2.38. The number of nitrogens with zero attached hydrogens (tertiary/aromatic N) is 3. The van der Waals surface area contributed by atoms with Crippen molar-refractivity contribution in [2.45, 2.75) is 44.2 Å². The van der Waals surface area contributed by atoms with Crippen LogP contribution < -0.4 is 0 Å². The number of hydrogen-bond donors (Lipinski definition) is 0. The van der Waals surface area contributed by atoms with Gasteiger partial charge >= 0.3 is 0 Å². The topological polar surface area (TPSA) is 70.6 Å². The molecule has 0 radical (unpaired) electrons. The molecule has 1 atom stereocenters. The average Bonchev–Trinajstić information content (AvgIpc) is 3.05. The lowest BCUT2D eigenvalue weighted by atomic mass is 9.88. The van der Waals surface area contributed by atoms with E-state index in [9.17, 15) is 13.2 Å². The van der Waals surface area contributed by atoms with E-state index in [1.807, 2.05) is 16.5 Å². The maximum atomic E-state index is 12.3. The van der Waals surface area contributed by atoms with Crippen molar-refractivity contribution in [2.24, 2.45) is 0 Å². The molecule has 0 aromatic carbocycles. The molecule has 0 saturated carbocycles. The Kier molecular flexibility index (Phi) is 5.27. The summed E-state index contributed by atoms with van der Waals surface area (Å²) in [4.78, 5) is 21.0. The molecule has 3 heterocycles. The van der Waals surface area contributed by atoms with E-state index in [0.29, 0.717) is 13.0 Å². The smallest absolute Gasteiger partial charge is 0.223 e. The van der Waals surface area contributed by atoms with E-state index in [2.05, 4.69) is 9.88 Å². The number of carbonyl (C=O) groups excluding carboxylic acids is 1. The molecule has 2 aliphatic rings. The number of hydrogen-bond acceptors (Lipinski definition) is 6. The molecule has 1 spiro atoms. The number of sulfone groups is 1. The lowest BCUT2D eigenvalue weighted by molar-refractivity contribution is -0.131. The maximum absolute atomic E-state index is 12.3. The van der Waals surface area contributed by atoms with Gasteiger partial charge in [-0.1, -0.05) is 0 Å². The summed E-state index contributed by atoms with van der Waals surface area (Å²) in [6.07, 6.45) is 7.42. The van der Waals surface area contributed by atoms with Crippen LogP contribution in [0.1, 0.15) is 37.1 Å². The highest BCUT2D eigenvalue weighted by atomic mass is 32.2. The number of amides is 1. The third-order valence-electron chi connectivity index (χ3n) is 5.22. The molecule has 24 heavy (non-hydrogen) atoms. The molecule has 1 amide bonds. The Morgan fingerprint density at radius 1 is 1.29 bits per heavy atom. The van der Waals surface area contributed by atoms with Gasteiger partial charge in [-0.05, 0) is 32.2 Å². The molecule has 0 N–H and O–H groups in total. The van der Waals surface area contributed by atoms with E-state index in [1.165, 1.54) is 6.26 Å². The molecule has 0 bridgehead atoms.